The third-order valence-electron chi connectivity index (χ3n) is 3.09. The van der Waals surface area contributed by atoms with E-state index in [2.05, 4.69) is 10.4 Å². The van der Waals surface area contributed by atoms with E-state index in [-0.39, 0.29) is 18.7 Å². The highest BCUT2D eigenvalue weighted by Crippen LogP contribution is 2.07. The summed E-state index contributed by atoms with van der Waals surface area (Å²) in [5.74, 6) is -1.98. The van der Waals surface area contributed by atoms with E-state index in [4.69, 9.17) is 0 Å². The summed E-state index contributed by atoms with van der Waals surface area (Å²) in [6.45, 7) is 0.366. The summed E-state index contributed by atoms with van der Waals surface area (Å²) in [5, 5.41) is 15.6. The number of benzene rings is 1. The smallest absolute Gasteiger partial charge is 0.326 e. The zero-order valence-electron chi connectivity index (χ0n) is 11.8. The quantitative estimate of drug-likeness (QED) is 0.805. The van der Waals surface area contributed by atoms with Crippen LogP contribution in [0, 0.1) is 5.82 Å². The van der Waals surface area contributed by atoms with Crippen LogP contribution in [-0.4, -0.2) is 32.8 Å². The topological polar surface area (TPSA) is 84.2 Å². The van der Waals surface area contributed by atoms with Crippen LogP contribution in [0.1, 0.15) is 12.0 Å². The lowest BCUT2D eigenvalue weighted by Gasteiger charge is -2.14. The summed E-state index contributed by atoms with van der Waals surface area (Å²) in [4.78, 5) is 23.1. The molecule has 0 aliphatic carbocycles. The van der Waals surface area contributed by atoms with E-state index in [1.165, 1.54) is 18.2 Å². The Kier molecular flexibility index (Phi) is 5.24. The molecule has 0 spiro atoms. The molecule has 1 atom stereocenters. The van der Waals surface area contributed by atoms with Gasteiger partial charge in [0.1, 0.15) is 11.9 Å². The minimum Gasteiger partial charge on any atom is -0.480 e. The maximum atomic E-state index is 13.1. The lowest BCUT2D eigenvalue weighted by molar-refractivity contribution is -0.141. The summed E-state index contributed by atoms with van der Waals surface area (Å²) >= 11 is 0. The molecular weight excluding hydrogens is 289 g/mol. The molecule has 0 bridgehead atoms. The van der Waals surface area contributed by atoms with Crippen LogP contribution in [0.15, 0.2) is 42.7 Å². The van der Waals surface area contributed by atoms with Gasteiger partial charge in [-0.2, -0.15) is 5.10 Å². The zero-order valence-corrected chi connectivity index (χ0v) is 11.8. The molecular formula is C15H16FN3O3. The van der Waals surface area contributed by atoms with Gasteiger partial charge >= 0.3 is 5.97 Å². The molecule has 0 radical (unpaired) electrons. The minimum absolute atomic E-state index is 0.0284. The predicted molar refractivity (Wildman–Crippen MR) is 76.5 cm³/mol. The van der Waals surface area contributed by atoms with E-state index in [1.54, 1.807) is 29.2 Å². The summed E-state index contributed by atoms with van der Waals surface area (Å²) < 4.78 is 14.7. The fourth-order valence-corrected chi connectivity index (χ4v) is 2.02. The number of carboxylic acid groups (broad SMARTS) is 1. The molecule has 116 valence electrons. The molecule has 1 heterocycles. The largest absolute Gasteiger partial charge is 0.480 e. The Balaban J connectivity index is 1.90. The lowest BCUT2D eigenvalue weighted by atomic mass is 10.1. The highest BCUT2D eigenvalue weighted by Gasteiger charge is 2.20. The fraction of sp³-hybridized carbons (Fsp3) is 0.267. The molecule has 6 nitrogen and oxygen atoms in total. The van der Waals surface area contributed by atoms with Crippen molar-refractivity contribution in [2.45, 2.75) is 25.4 Å². The van der Waals surface area contributed by atoms with E-state index >= 15 is 0 Å². The van der Waals surface area contributed by atoms with Gasteiger partial charge in [0.05, 0.1) is 0 Å². The average molecular weight is 305 g/mol. The van der Waals surface area contributed by atoms with E-state index < -0.39 is 17.8 Å². The number of rotatable bonds is 7. The first-order chi connectivity index (χ1) is 10.5. The van der Waals surface area contributed by atoms with Crippen LogP contribution in [0.25, 0.3) is 0 Å². The van der Waals surface area contributed by atoms with Crippen LogP contribution in [0.5, 0.6) is 0 Å². The zero-order chi connectivity index (χ0) is 15.9. The van der Waals surface area contributed by atoms with E-state index in [1.807, 2.05) is 0 Å². The van der Waals surface area contributed by atoms with E-state index in [0.29, 0.717) is 12.1 Å². The van der Waals surface area contributed by atoms with Gasteiger partial charge < -0.3 is 10.4 Å². The number of carbonyl (C=O) groups is 2. The van der Waals surface area contributed by atoms with Crippen LogP contribution in [0.3, 0.4) is 0 Å². The Morgan fingerprint density at radius 2 is 2.18 bits per heavy atom. The average Bonchev–Trinajstić information content (AvgIpc) is 2.97. The molecule has 22 heavy (non-hydrogen) atoms. The van der Waals surface area contributed by atoms with Crippen molar-refractivity contribution in [1.82, 2.24) is 15.1 Å². The molecule has 7 heteroatoms. The van der Waals surface area contributed by atoms with Crippen molar-refractivity contribution in [2.24, 2.45) is 0 Å². The predicted octanol–water partition coefficient (Wildman–Crippen LogP) is 1.22. The van der Waals surface area contributed by atoms with Crippen molar-refractivity contribution >= 4 is 11.9 Å². The molecule has 2 aromatic rings. The molecule has 1 aromatic heterocycles. The monoisotopic (exact) mass is 305 g/mol. The number of nitrogens with zero attached hydrogens (tertiary/aromatic N) is 2. The maximum Gasteiger partial charge on any atom is 0.326 e. The van der Waals surface area contributed by atoms with Gasteiger partial charge in [-0.3, -0.25) is 9.48 Å². The maximum absolute atomic E-state index is 13.1. The molecule has 2 rings (SSSR count). The van der Waals surface area contributed by atoms with Gasteiger partial charge in [0.15, 0.2) is 0 Å². The van der Waals surface area contributed by atoms with Crippen LogP contribution in [0.2, 0.25) is 0 Å². The van der Waals surface area contributed by atoms with Gasteiger partial charge in [0.25, 0.3) is 0 Å². The Morgan fingerprint density at radius 3 is 2.82 bits per heavy atom. The van der Waals surface area contributed by atoms with Gasteiger partial charge in [-0.25, -0.2) is 9.18 Å². The van der Waals surface area contributed by atoms with Crippen molar-refractivity contribution in [3.05, 3.63) is 54.1 Å². The van der Waals surface area contributed by atoms with Crippen molar-refractivity contribution in [1.29, 1.82) is 0 Å². The Labute approximate surface area is 126 Å². The number of aromatic nitrogens is 2. The van der Waals surface area contributed by atoms with Crippen LogP contribution in [-0.2, 0) is 22.6 Å². The SMILES string of the molecule is O=C(CCn1cccn1)NC(Cc1cccc(F)c1)C(=O)O. The number of hydrogen-bond donors (Lipinski definition) is 2. The van der Waals surface area contributed by atoms with Gasteiger partial charge in [-0.05, 0) is 23.8 Å². The third kappa shape index (κ3) is 4.69. The summed E-state index contributed by atoms with van der Waals surface area (Å²) in [7, 11) is 0. The molecule has 1 amide bonds. The normalized spacial score (nSPS) is 11.9. The number of amides is 1. The second kappa shape index (κ2) is 7.35. The number of halogens is 1. The van der Waals surface area contributed by atoms with Crippen LogP contribution in [0.4, 0.5) is 4.39 Å². The fourth-order valence-electron chi connectivity index (χ4n) is 2.02. The molecule has 1 unspecified atom stereocenters. The number of carboxylic acids is 1. The lowest BCUT2D eigenvalue weighted by Crippen LogP contribution is -2.42. The first-order valence-electron chi connectivity index (χ1n) is 6.78. The molecule has 1 aromatic carbocycles. The van der Waals surface area contributed by atoms with Crippen molar-refractivity contribution < 1.29 is 19.1 Å². The minimum atomic E-state index is -1.16. The first-order valence-corrected chi connectivity index (χ1v) is 6.78. The van der Waals surface area contributed by atoms with Crippen molar-refractivity contribution in [3.63, 3.8) is 0 Å². The number of nitrogens with one attached hydrogen (secondary N) is 1. The van der Waals surface area contributed by atoms with E-state index in [9.17, 15) is 19.1 Å². The van der Waals surface area contributed by atoms with E-state index in [0.717, 1.165) is 0 Å². The number of aryl methyl sites for hydroxylation is 1. The first kappa shape index (κ1) is 15.7. The Bertz CT molecular complexity index is 643. The molecule has 0 saturated heterocycles. The Hall–Kier alpha value is -2.70. The second-order valence-electron chi connectivity index (χ2n) is 4.81. The highest BCUT2D eigenvalue weighted by atomic mass is 19.1. The molecule has 0 aliphatic heterocycles. The molecule has 0 fully saturated rings. The van der Waals surface area contributed by atoms with Gasteiger partial charge in [0, 0.05) is 31.8 Å². The number of hydrogen-bond acceptors (Lipinski definition) is 3. The molecule has 2 N–H and O–H groups in total. The molecule has 0 aliphatic rings. The standard InChI is InChI=1S/C15H16FN3O3/c16-12-4-1-3-11(9-12)10-13(15(21)22)18-14(20)5-8-19-7-2-6-17-19/h1-4,6-7,9,13H,5,8,10H2,(H,18,20)(H,21,22). The third-order valence-corrected chi connectivity index (χ3v) is 3.09. The summed E-state index contributed by atoms with van der Waals surface area (Å²) in [6.07, 6.45) is 3.46. The van der Waals surface area contributed by atoms with Gasteiger partial charge in [-0.1, -0.05) is 12.1 Å². The number of aliphatic carboxylic acids is 1. The van der Waals surface area contributed by atoms with Crippen molar-refractivity contribution in [3.8, 4) is 0 Å². The van der Waals surface area contributed by atoms with Gasteiger partial charge in [0.2, 0.25) is 5.91 Å². The number of carbonyl (C=O) groups excluding carboxylic acids is 1. The molecule has 0 saturated carbocycles. The summed E-state index contributed by atoms with van der Waals surface area (Å²) in [6, 6.07) is 6.31. The highest BCUT2D eigenvalue weighted by molar-refractivity contribution is 5.83. The summed E-state index contributed by atoms with van der Waals surface area (Å²) in [5.41, 5.74) is 0.514. The Morgan fingerprint density at radius 1 is 1.36 bits per heavy atom. The van der Waals surface area contributed by atoms with Crippen molar-refractivity contribution in [2.75, 3.05) is 0 Å². The second-order valence-corrected chi connectivity index (χ2v) is 4.81. The van der Waals surface area contributed by atoms with Crippen LogP contribution < -0.4 is 5.32 Å². The van der Waals surface area contributed by atoms with Crippen LogP contribution >= 0.6 is 0 Å². The van der Waals surface area contributed by atoms with Gasteiger partial charge in [-0.15, -0.1) is 0 Å².